The minimum atomic E-state index is -0.273. The molecule has 0 bridgehead atoms. The molecule has 0 saturated carbocycles. The van der Waals surface area contributed by atoms with Gasteiger partial charge in [-0.2, -0.15) is 11.3 Å². The minimum Gasteiger partial charge on any atom is -0.369 e. The van der Waals surface area contributed by atoms with Crippen molar-refractivity contribution in [1.29, 1.82) is 0 Å². The van der Waals surface area contributed by atoms with Crippen molar-refractivity contribution in [2.24, 2.45) is 11.7 Å². The third kappa shape index (κ3) is 6.02. The number of nitrogens with one attached hydrogen (secondary N) is 2. The van der Waals surface area contributed by atoms with Crippen molar-refractivity contribution < 1.29 is 14.4 Å². The topological polar surface area (TPSA) is 117 Å². The molecule has 4 N–H and O–H groups in total. The minimum absolute atomic E-state index is 0.122. The number of carbonyl (C=O) groups is 3. The molecular formula is C20H25N5O3S. The van der Waals surface area contributed by atoms with Gasteiger partial charge in [-0.1, -0.05) is 0 Å². The number of anilines is 2. The summed E-state index contributed by atoms with van der Waals surface area (Å²) < 4.78 is 0. The van der Waals surface area contributed by atoms with E-state index < -0.39 is 0 Å². The van der Waals surface area contributed by atoms with Crippen molar-refractivity contribution in [2.75, 3.05) is 29.9 Å². The number of hydrogen-bond donors (Lipinski definition) is 3. The lowest BCUT2D eigenvalue weighted by molar-refractivity contribution is -0.122. The van der Waals surface area contributed by atoms with Gasteiger partial charge in [-0.15, -0.1) is 0 Å². The Morgan fingerprint density at radius 1 is 1.28 bits per heavy atom. The number of amides is 3. The highest BCUT2D eigenvalue weighted by Crippen LogP contribution is 2.22. The quantitative estimate of drug-likeness (QED) is 0.570. The largest absolute Gasteiger partial charge is 0.369 e. The molecule has 2 aromatic rings. The van der Waals surface area contributed by atoms with E-state index in [0.29, 0.717) is 37.2 Å². The Morgan fingerprint density at radius 3 is 2.83 bits per heavy atom. The smallest absolute Gasteiger partial charge is 0.252 e. The van der Waals surface area contributed by atoms with Crippen molar-refractivity contribution in [1.82, 2.24) is 10.3 Å². The summed E-state index contributed by atoms with van der Waals surface area (Å²) in [4.78, 5) is 41.8. The van der Waals surface area contributed by atoms with Crippen LogP contribution in [0, 0.1) is 5.92 Å². The Labute approximate surface area is 173 Å². The first-order chi connectivity index (χ1) is 14.0. The van der Waals surface area contributed by atoms with Crippen molar-refractivity contribution in [3.05, 3.63) is 40.7 Å². The molecule has 29 heavy (non-hydrogen) atoms. The Kier molecular flexibility index (Phi) is 7.18. The number of thiophene rings is 1. The molecule has 1 aliphatic heterocycles. The van der Waals surface area contributed by atoms with Gasteiger partial charge in [0.05, 0.1) is 17.8 Å². The summed E-state index contributed by atoms with van der Waals surface area (Å²) >= 11 is 1.47. The first-order valence-corrected chi connectivity index (χ1v) is 10.6. The second-order valence-electron chi connectivity index (χ2n) is 7.01. The standard InChI is InChI=1S/C20H25N5O3S/c21-19(27)14-3-2-9-25(12-14)17-6-5-16(11-23-17)24-18(26)4-1-8-22-20(28)15-7-10-29-13-15/h5-7,10-11,13-14H,1-4,8-9,12H2,(H2,21,27)(H,22,28)(H,24,26). The Bertz CT molecular complexity index is 838. The number of rotatable bonds is 8. The van der Waals surface area contributed by atoms with E-state index in [1.165, 1.54) is 11.3 Å². The predicted octanol–water partition coefficient (Wildman–Crippen LogP) is 1.99. The molecule has 1 unspecified atom stereocenters. The van der Waals surface area contributed by atoms with Crippen LogP contribution in [0.3, 0.4) is 0 Å². The van der Waals surface area contributed by atoms with Crippen molar-refractivity contribution >= 4 is 40.6 Å². The van der Waals surface area contributed by atoms with Crippen LogP contribution in [0.1, 0.15) is 36.0 Å². The molecule has 154 valence electrons. The lowest BCUT2D eigenvalue weighted by Crippen LogP contribution is -2.41. The third-order valence-electron chi connectivity index (χ3n) is 4.83. The molecule has 1 fully saturated rings. The number of pyridine rings is 1. The summed E-state index contributed by atoms with van der Waals surface area (Å²) in [6.07, 6.45) is 4.18. The molecule has 0 aliphatic carbocycles. The number of carbonyl (C=O) groups excluding carboxylic acids is 3. The molecular weight excluding hydrogens is 390 g/mol. The molecule has 3 heterocycles. The highest BCUT2D eigenvalue weighted by Gasteiger charge is 2.24. The molecule has 8 nitrogen and oxygen atoms in total. The molecule has 1 saturated heterocycles. The molecule has 1 aliphatic rings. The van der Waals surface area contributed by atoms with Crippen molar-refractivity contribution in [2.45, 2.75) is 25.7 Å². The third-order valence-corrected chi connectivity index (χ3v) is 5.51. The fourth-order valence-electron chi connectivity index (χ4n) is 3.23. The van der Waals surface area contributed by atoms with Crippen molar-refractivity contribution in [3.8, 4) is 0 Å². The van der Waals surface area contributed by atoms with Gasteiger partial charge in [-0.3, -0.25) is 14.4 Å². The summed E-state index contributed by atoms with van der Waals surface area (Å²) in [7, 11) is 0. The Balaban J connectivity index is 1.40. The van der Waals surface area contributed by atoms with E-state index in [-0.39, 0.29) is 23.6 Å². The lowest BCUT2D eigenvalue weighted by Gasteiger charge is -2.32. The number of hydrogen-bond acceptors (Lipinski definition) is 6. The molecule has 0 radical (unpaired) electrons. The van der Waals surface area contributed by atoms with E-state index in [1.54, 1.807) is 23.7 Å². The van der Waals surface area contributed by atoms with Crippen LogP contribution in [0.2, 0.25) is 0 Å². The first kappa shape index (κ1) is 20.8. The maximum Gasteiger partial charge on any atom is 0.252 e. The number of primary amides is 1. The average molecular weight is 416 g/mol. The van der Waals surface area contributed by atoms with Gasteiger partial charge in [0.1, 0.15) is 5.82 Å². The summed E-state index contributed by atoms with van der Waals surface area (Å²) in [5.41, 5.74) is 6.68. The van der Waals surface area contributed by atoms with E-state index in [2.05, 4.69) is 15.6 Å². The predicted molar refractivity (Wildman–Crippen MR) is 113 cm³/mol. The van der Waals surface area contributed by atoms with Crippen LogP contribution in [0.4, 0.5) is 11.5 Å². The summed E-state index contributed by atoms with van der Waals surface area (Å²) in [5, 5.41) is 9.24. The van der Waals surface area contributed by atoms with E-state index in [4.69, 9.17) is 5.73 Å². The summed E-state index contributed by atoms with van der Waals surface area (Å²) in [6.45, 7) is 1.85. The van der Waals surface area contributed by atoms with Crippen LogP contribution in [0.5, 0.6) is 0 Å². The van der Waals surface area contributed by atoms with E-state index in [1.807, 2.05) is 16.3 Å². The SMILES string of the molecule is NC(=O)C1CCCN(c2ccc(NC(=O)CCCNC(=O)c3ccsc3)cn2)C1. The van der Waals surface area contributed by atoms with Gasteiger partial charge >= 0.3 is 0 Å². The van der Waals surface area contributed by atoms with Gasteiger partial charge in [0.25, 0.3) is 5.91 Å². The fourth-order valence-corrected chi connectivity index (χ4v) is 3.87. The average Bonchev–Trinajstić information content (AvgIpc) is 3.27. The van der Waals surface area contributed by atoms with Crippen LogP contribution in [0.25, 0.3) is 0 Å². The van der Waals surface area contributed by atoms with Gasteiger partial charge < -0.3 is 21.3 Å². The van der Waals surface area contributed by atoms with Crippen LogP contribution < -0.4 is 21.3 Å². The molecule has 1 atom stereocenters. The van der Waals surface area contributed by atoms with Gasteiger partial charge in [0.15, 0.2) is 0 Å². The van der Waals surface area contributed by atoms with E-state index in [9.17, 15) is 14.4 Å². The van der Waals surface area contributed by atoms with Crippen LogP contribution >= 0.6 is 11.3 Å². The normalized spacial score (nSPS) is 16.3. The molecule has 0 aromatic carbocycles. The van der Waals surface area contributed by atoms with Crippen LogP contribution in [-0.4, -0.2) is 42.3 Å². The molecule has 2 aromatic heterocycles. The number of piperidine rings is 1. The van der Waals surface area contributed by atoms with Gasteiger partial charge in [0, 0.05) is 37.0 Å². The molecule has 3 rings (SSSR count). The first-order valence-electron chi connectivity index (χ1n) is 9.63. The second-order valence-corrected chi connectivity index (χ2v) is 7.79. The molecule has 9 heteroatoms. The highest BCUT2D eigenvalue weighted by atomic mass is 32.1. The zero-order valence-corrected chi connectivity index (χ0v) is 16.9. The summed E-state index contributed by atoms with van der Waals surface area (Å²) in [6, 6.07) is 5.40. The fraction of sp³-hybridized carbons (Fsp3) is 0.400. The van der Waals surface area contributed by atoms with Gasteiger partial charge in [0.2, 0.25) is 11.8 Å². The second kappa shape index (κ2) is 10.0. The number of nitrogens with zero attached hydrogens (tertiary/aromatic N) is 2. The van der Waals surface area contributed by atoms with Crippen LogP contribution in [0.15, 0.2) is 35.2 Å². The van der Waals surface area contributed by atoms with Crippen LogP contribution in [-0.2, 0) is 9.59 Å². The monoisotopic (exact) mass is 415 g/mol. The van der Waals surface area contributed by atoms with Crippen molar-refractivity contribution in [3.63, 3.8) is 0 Å². The van der Waals surface area contributed by atoms with E-state index in [0.717, 1.165) is 25.2 Å². The lowest BCUT2D eigenvalue weighted by atomic mass is 9.97. The maximum absolute atomic E-state index is 12.1. The zero-order valence-electron chi connectivity index (χ0n) is 16.1. The van der Waals surface area contributed by atoms with Gasteiger partial charge in [-0.25, -0.2) is 4.98 Å². The highest BCUT2D eigenvalue weighted by molar-refractivity contribution is 7.08. The summed E-state index contributed by atoms with van der Waals surface area (Å²) in [5.74, 6) is 0.0965. The maximum atomic E-state index is 12.1. The number of aromatic nitrogens is 1. The Hall–Kier alpha value is -2.94. The van der Waals surface area contributed by atoms with Gasteiger partial charge in [-0.05, 0) is 42.8 Å². The number of nitrogens with two attached hydrogens (primary N) is 1. The Morgan fingerprint density at radius 2 is 2.14 bits per heavy atom. The zero-order chi connectivity index (χ0) is 20.6. The molecule has 0 spiro atoms. The molecule has 3 amide bonds. The van der Waals surface area contributed by atoms with E-state index >= 15 is 0 Å².